The number of ketones is 1. The summed E-state index contributed by atoms with van der Waals surface area (Å²) in [6.07, 6.45) is 0. The summed E-state index contributed by atoms with van der Waals surface area (Å²) >= 11 is 0. The van der Waals surface area contributed by atoms with Crippen molar-refractivity contribution in [3.05, 3.63) is 101 Å². The second-order valence-electron chi connectivity index (χ2n) is 6.38. The second-order valence-corrected chi connectivity index (χ2v) is 6.38. The summed E-state index contributed by atoms with van der Waals surface area (Å²) in [7, 11) is 2.56. The molecule has 0 atom stereocenters. The first-order valence-electron chi connectivity index (χ1n) is 9.16. The Morgan fingerprint density at radius 2 is 0.806 bits per heavy atom. The van der Waals surface area contributed by atoms with Gasteiger partial charge in [-0.2, -0.15) is 0 Å². The van der Waals surface area contributed by atoms with Crippen LogP contribution in [0.5, 0.6) is 5.75 Å². The Bertz CT molecular complexity index is 1110. The second kappa shape index (κ2) is 9.49. The van der Waals surface area contributed by atoms with Gasteiger partial charge in [-0.25, -0.2) is 14.4 Å². The fraction of sp³-hybridized carbons (Fsp3) is 0.0833. The lowest BCUT2D eigenvalue weighted by atomic mass is 10.0. The van der Waals surface area contributed by atoms with Crippen LogP contribution in [0.2, 0.25) is 0 Å². The Morgan fingerprint density at radius 1 is 0.484 bits per heavy atom. The van der Waals surface area contributed by atoms with Crippen molar-refractivity contribution in [3.63, 3.8) is 0 Å². The zero-order valence-corrected chi connectivity index (χ0v) is 16.8. The smallest absolute Gasteiger partial charge is 0.343 e. The molecule has 0 bridgehead atoms. The van der Waals surface area contributed by atoms with E-state index >= 15 is 0 Å². The zero-order chi connectivity index (χ0) is 22.4. The fourth-order valence-corrected chi connectivity index (χ4v) is 2.74. The molecule has 0 saturated heterocycles. The summed E-state index contributed by atoms with van der Waals surface area (Å²) in [6, 6.07) is 18.1. The number of carbonyl (C=O) groups is 4. The first-order valence-corrected chi connectivity index (χ1v) is 9.16. The van der Waals surface area contributed by atoms with Crippen molar-refractivity contribution in [2.45, 2.75) is 0 Å². The summed E-state index contributed by atoms with van der Waals surface area (Å²) in [5.41, 5.74) is 1.72. The number of carbonyl (C=O) groups excluding carboxylic acids is 4. The zero-order valence-electron chi connectivity index (χ0n) is 16.8. The van der Waals surface area contributed by atoms with Crippen molar-refractivity contribution >= 4 is 23.7 Å². The highest BCUT2D eigenvalue weighted by Gasteiger charge is 2.14. The predicted octanol–water partition coefficient (Wildman–Crippen LogP) is 3.71. The minimum atomic E-state index is -0.604. The van der Waals surface area contributed by atoms with Crippen molar-refractivity contribution in [3.8, 4) is 5.75 Å². The summed E-state index contributed by atoms with van der Waals surface area (Å²) in [4.78, 5) is 47.9. The molecular weight excluding hydrogens is 400 g/mol. The Balaban J connectivity index is 1.67. The number of hydrogen-bond donors (Lipinski definition) is 0. The van der Waals surface area contributed by atoms with E-state index < -0.39 is 17.9 Å². The van der Waals surface area contributed by atoms with Crippen LogP contribution < -0.4 is 4.74 Å². The van der Waals surface area contributed by atoms with Crippen LogP contribution in [0.25, 0.3) is 0 Å². The minimum absolute atomic E-state index is 0.255. The standard InChI is InChI=1S/C24H18O7/c1-29-22(26)17-7-3-15(4-8-17)21(25)16-5-9-19(10-6-16)24(28)31-20-13-11-18(12-14-20)23(27)30-2/h3-14H,1-2H3. The van der Waals surface area contributed by atoms with Crippen molar-refractivity contribution < 1.29 is 33.4 Å². The van der Waals surface area contributed by atoms with E-state index in [1.807, 2.05) is 0 Å². The molecule has 0 aliphatic rings. The van der Waals surface area contributed by atoms with E-state index in [4.69, 9.17) is 4.74 Å². The maximum atomic E-state index is 12.6. The monoisotopic (exact) mass is 418 g/mol. The SMILES string of the molecule is COC(=O)c1ccc(OC(=O)c2ccc(C(=O)c3ccc(C(=O)OC)cc3)cc2)cc1. The first kappa shape index (κ1) is 21.4. The lowest BCUT2D eigenvalue weighted by Crippen LogP contribution is -2.10. The quantitative estimate of drug-likeness (QED) is 0.342. The van der Waals surface area contributed by atoms with Crippen LogP contribution in [0.4, 0.5) is 0 Å². The van der Waals surface area contributed by atoms with Gasteiger partial charge in [-0.05, 0) is 48.5 Å². The predicted molar refractivity (Wildman–Crippen MR) is 110 cm³/mol. The van der Waals surface area contributed by atoms with Crippen LogP contribution in [0.1, 0.15) is 47.0 Å². The van der Waals surface area contributed by atoms with Gasteiger partial charge in [0.25, 0.3) is 0 Å². The summed E-state index contributed by atoms with van der Waals surface area (Å²) in [6.45, 7) is 0. The van der Waals surface area contributed by atoms with Gasteiger partial charge in [0.1, 0.15) is 5.75 Å². The molecule has 156 valence electrons. The molecule has 3 rings (SSSR count). The average Bonchev–Trinajstić information content (AvgIpc) is 2.83. The Labute approximate surface area is 178 Å². The van der Waals surface area contributed by atoms with E-state index in [0.29, 0.717) is 22.3 Å². The highest BCUT2D eigenvalue weighted by Crippen LogP contribution is 2.17. The van der Waals surface area contributed by atoms with Gasteiger partial charge >= 0.3 is 17.9 Å². The molecule has 0 fully saturated rings. The molecule has 0 radical (unpaired) electrons. The number of ether oxygens (including phenoxy) is 3. The van der Waals surface area contributed by atoms with Crippen LogP contribution in [0.3, 0.4) is 0 Å². The average molecular weight is 418 g/mol. The van der Waals surface area contributed by atoms with Crippen LogP contribution in [-0.4, -0.2) is 37.9 Å². The molecule has 0 aliphatic carbocycles. The van der Waals surface area contributed by atoms with Gasteiger partial charge in [0, 0.05) is 11.1 Å². The number of rotatable bonds is 6. The normalized spacial score (nSPS) is 10.1. The lowest BCUT2D eigenvalue weighted by Gasteiger charge is -2.07. The molecule has 0 spiro atoms. The van der Waals surface area contributed by atoms with E-state index in [0.717, 1.165) is 0 Å². The molecule has 0 aliphatic heterocycles. The van der Waals surface area contributed by atoms with Gasteiger partial charge in [-0.15, -0.1) is 0 Å². The van der Waals surface area contributed by atoms with E-state index in [9.17, 15) is 19.2 Å². The maximum absolute atomic E-state index is 12.6. The van der Waals surface area contributed by atoms with E-state index in [2.05, 4.69) is 9.47 Å². The fourth-order valence-electron chi connectivity index (χ4n) is 2.74. The molecule has 7 heteroatoms. The van der Waals surface area contributed by atoms with Crippen molar-refractivity contribution in [1.82, 2.24) is 0 Å². The number of benzene rings is 3. The van der Waals surface area contributed by atoms with Crippen molar-refractivity contribution in [1.29, 1.82) is 0 Å². The van der Waals surface area contributed by atoms with Gasteiger partial charge in [-0.1, -0.05) is 24.3 Å². The Kier molecular flexibility index (Phi) is 6.57. The largest absolute Gasteiger partial charge is 0.465 e. The number of esters is 3. The van der Waals surface area contributed by atoms with Crippen LogP contribution in [-0.2, 0) is 9.47 Å². The molecule has 31 heavy (non-hydrogen) atoms. The van der Waals surface area contributed by atoms with Gasteiger partial charge in [0.05, 0.1) is 30.9 Å². The van der Waals surface area contributed by atoms with Gasteiger partial charge < -0.3 is 14.2 Å². The van der Waals surface area contributed by atoms with E-state index in [1.54, 1.807) is 0 Å². The Hall–Kier alpha value is -4.26. The molecule has 0 N–H and O–H groups in total. The highest BCUT2D eigenvalue weighted by molar-refractivity contribution is 6.09. The van der Waals surface area contributed by atoms with Crippen molar-refractivity contribution in [2.75, 3.05) is 14.2 Å². The molecule has 3 aromatic rings. The third-order valence-corrected chi connectivity index (χ3v) is 4.44. The maximum Gasteiger partial charge on any atom is 0.343 e. The molecule has 0 aromatic heterocycles. The third kappa shape index (κ3) is 5.02. The Morgan fingerprint density at radius 3 is 1.19 bits per heavy atom. The molecule has 0 heterocycles. The first-order chi connectivity index (χ1) is 14.9. The third-order valence-electron chi connectivity index (χ3n) is 4.44. The van der Waals surface area contributed by atoms with E-state index in [-0.39, 0.29) is 17.1 Å². The molecule has 0 unspecified atom stereocenters. The van der Waals surface area contributed by atoms with Gasteiger partial charge in [-0.3, -0.25) is 4.79 Å². The molecular formula is C24H18O7. The molecule has 7 nitrogen and oxygen atoms in total. The topological polar surface area (TPSA) is 96.0 Å². The van der Waals surface area contributed by atoms with Crippen LogP contribution >= 0.6 is 0 Å². The molecule has 0 saturated carbocycles. The number of methoxy groups -OCH3 is 2. The van der Waals surface area contributed by atoms with Crippen molar-refractivity contribution in [2.24, 2.45) is 0 Å². The highest BCUT2D eigenvalue weighted by atomic mass is 16.5. The van der Waals surface area contributed by atoms with Crippen LogP contribution in [0.15, 0.2) is 72.8 Å². The van der Waals surface area contributed by atoms with Gasteiger partial charge in [0.2, 0.25) is 0 Å². The minimum Gasteiger partial charge on any atom is -0.465 e. The summed E-state index contributed by atoms with van der Waals surface area (Å²) in [5, 5.41) is 0. The summed E-state index contributed by atoms with van der Waals surface area (Å²) in [5.74, 6) is -1.56. The molecule has 0 amide bonds. The number of hydrogen-bond acceptors (Lipinski definition) is 7. The molecule has 3 aromatic carbocycles. The summed E-state index contributed by atoms with van der Waals surface area (Å²) < 4.78 is 14.5. The lowest BCUT2D eigenvalue weighted by molar-refractivity contribution is 0.0591. The van der Waals surface area contributed by atoms with Crippen LogP contribution in [0, 0.1) is 0 Å². The van der Waals surface area contributed by atoms with Gasteiger partial charge in [0.15, 0.2) is 5.78 Å². The van der Waals surface area contributed by atoms with E-state index in [1.165, 1.54) is 87.0 Å².